The Labute approximate surface area is 120 Å². The average Bonchev–Trinajstić information content (AvgIpc) is 2.40. The number of pyridine rings is 2. The number of hydrogen-bond acceptors (Lipinski definition) is 3. The van der Waals surface area contributed by atoms with Gasteiger partial charge in [-0.05, 0) is 40.5 Å². The van der Waals surface area contributed by atoms with Crippen LogP contribution in [0.2, 0.25) is 0 Å². The van der Waals surface area contributed by atoms with E-state index in [4.69, 9.17) is 0 Å². The molecule has 0 atom stereocenters. The molecule has 1 N–H and O–H groups in total. The van der Waals surface area contributed by atoms with Gasteiger partial charge in [0.05, 0.1) is 17.9 Å². The number of nitrogens with zero attached hydrogens (tertiary/aromatic N) is 2. The maximum atomic E-state index is 11.6. The molecule has 19 heavy (non-hydrogen) atoms. The number of nitrogens with one attached hydrogen (secondary N) is 1. The van der Waals surface area contributed by atoms with E-state index >= 15 is 0 Å². The smallest absolute Gasteiger partial charge is 0.250 e. The lowest BCUT2D eigenvalue weighted by molar-refractivity contribution is 0.655. The van der Waals surface area contributed by atoms with Crippen molar-refractivity contribution in [2.45, 2.75) is 26.4 Å². The van der Waals surface area contributed by atoms with Crippen LogP contribution in [0.1, 0.15) is 19.0 Å². The van der Waals surface area contributed by atoms with Gasteiger partial charge in [0.2, 0.25) is 0 Å². The predicted octanol–water partition coefficient (Wildman–Crippen LogP) is 3.03. The van der Waals surface area contributed by atoms with Crippen LogP contribution in [0.4, 0.5) is 5.69 Å². The third kappa shape index (κ3) is 3.92. The normalized spacial score (nSPS) is 10.4. The minimum absolute atomic E-state index is 0.0352. The van der Waals surface area contributed by atoms with Crippen molar-refractivity contribution in [1.82, 2.24) is 9.55 Å². The summed E-state index contributed by atoms with van der Waals surface area (Å²) in [6.07, 6.45) is 2.79. The highest BCUT2D eigenvalue weighted by Gasteiger charge is 1.99. The van der Waals surface area contributed by atoms with Crippen molar-refractivity contribution >= 4 is 21.6 Å². The summed E-state index contributed by atoms with van der Waals surface area (Å²) in [5.41, 5.74) is 1.91. The van der Waals surface area contributed by atoms with E-state index in [-0.39, 0.29) is 5.56 Å². The van der Waals surface area contributed by atoms with E-state index in [1.54, 1.807) is 16.7 Å². The molecule has 0 aliphatic rings. The second-order valence-electron chi connectivity index (χ2n) is 4.25. The molecule has 0 spiro atoms. The third-order valence-electron chi connectivity index (χ3n) is 2.69. The first-order chi connectivity index (χ1) is 9.19. The largest absolute Gasteiger partial charge is 0.378 e. The van der Waals surface area contributed by atoms with Gasteiger partial charge in [0.15, 0.2) is 0 Å². The van der Waals surface area contributed by atoms with Crippen LogP contribution in [0, 0.1) is 0 Å². The maximum Gasteiger partial charge on any atom is 0.250 e. The molecule has 4 nitrogen and oxygen atoms in total. The van der Waals surface area contributed by atoms with Gasteiger partial charge in [0.1, 0.15) is 4.60 Å². The minimum Gasteiger partial charge on any atom is -0.378 e. The Balaban J connectivity index is 2.07. The number of hydrogen-bond donors (Lipinski definition) is 1. The molecule has 0 fully saturated rings. The number of anilines is 1. The van der Waals surface area contributed by atoms with Gasteiger partial charge in [-0.3, -0.25) is 4.79 Å². The number of halogens is 1. The summed E-state index contributed by atoms with van der Waals surface area (Å²) in [6, 6.07) is 9.19. The summed E-state index contributed by atoms with van der Waals surface area (Å²) >= 11 is 3.35. The fourth-order valence-corrected chi connectivity index (χ4v) is 2.17. The quantitative estimate of drug-likeness (QED) is 0.861. The van der Waals surface area contributed by atoms with Crippen LogP contribution < -0.4 is 10.9 Å². The molecule has 2 rings (SSSR count). The molecule has 100 valence electrons. The Hall–Kier alpha value is -1.62. The van der Waals surface area contributed by atoms with Crippen LogP contribution in [0.3, 0.4) is 0 Å². The number of aromatic nitrogens is 2. The Morgan fingerprint density at radius 1 is 1.32 bits per heavy atom. The number of rotatable bonds is 5. The van der Waals surface area contributed by atoms with E-state index in [0.717, 1.165) is 29.0 Å². The average molecular weight is 322 g/mol. The Morgan fingerprint density at radius 3 is 2.89 bits per heavy atom. The van der Waals surface area contributed by atoms with Crippen LogP contribution in [0.5, 0.6) is 0 Å². The fourth-order valence-electron chi connectivity index (χ4n) is 1.79. The second kappa shape index (κ2) is 6.52. The summed E-state index contributed by atoms with van der Waals surface area (Å²) in [4.78, 5) is 15.9. The molecule has 0 amide bonds. The number of aryl methyl sites for hydroxylation is 1. The van der Waals surface area contributed by atoms with Crippen LogP contribution in [-0.2, 0) is 13.1 Å². The summed E-state index contributed by atoms with van der Waals surface area (Å²) in [5.74, 6) is 0. The lowest BCUT2D eigenvalue weighted by Gasteiger charge is -2.09. The maximum absolute atomic E-state index is 11.6. The SMILES string of the molecule is CCCn1cc(NCc2cccc(Br)n2)ccc1=O. The van der Waals surface area contributed by atoms with E-state index in [0.29, 0.717) is 6.54 Å². The molecular formula is C14H16BrN3O. The molecule has 0 saturated heterocycles. The molecule has 0 aliphatic heterocycles. The van der Waals surface area contributed by atoms with Gasteiger partial charge in [0, 0.05) is 18.8 Å². The molecule has 5 heteroatoms. The van der Waals surface area contributed by atoms with Crippen LogP contribution >= 0.6 is 15.9 Å². The van der Waals surface area contributed by atoms with Crippen molar-refractivity contribution in [3.63, 3.8) is 0 Å². The first kappa shape index (κ1) is 13.8. The minimum atomic E-state index is 0.0352. The fraction of sp³-hybridized carbons (Fsp3) is 0.286. The molecule has 0 aliphatic carbocycles. The van der Waals surface area contributed by atoms with E-state index < -0.39 is 0 Å². The van der Waals surface area contributed by atoms with Gasteiger partial charge in [0.25, 0.3) is 5.56 Å². The van der Waals surface area contributed by atoms with Crippen LogP contribution in [0.15, 0.2) is 45.9 Å². The molecule has 0 aromatic carbocycles. The Kier molecular flexibility index (Phi) is 4.74. The van der Waals surface area contributed by atoms with Gasteiger partial charge in [-0.1, -0.05) is 13.0 Å². The van der Waals surface area contributed by atoms with E-state index in [1.807, 2.05) is 24.4 Å². The third-order valence-corrected chi connectivity index (χ3v) is 3.14. The molecule has 0 radical (unpaired) electrons. The van der Waals surface area contributed by atoms with Crippen molar-refractivity contribution in [3.05, 3.63) is 57.2 Å². The summed E-state index contributed by atoms with van der Waals surface area (Å²) in [6.45, 7) is 3.42. The van der Waals surface area contributed by atoms with Gasteiger partial charge in [-0.2, -0.15) is 0 Å². The van der Waals surface area contributed by atoms with E-state index in [9.17, 15) is 4.79 Å². The van der Waals surface area contributed by atoms with E-state index in [1.165, 1.54) is 0 Å². The lowest BCUT2D eigenvalue weighted by atomic mass is 10.3. The zero-order valence-electron chi connectivity index (χ0n) is 10.8. The van der Waals surface area contributed by atoms with Crippen molar-refractivity contribution in [1.29, 1.82) is 0 Å². The molecule has 2 aromatic rings. The molecule has 2 aromatic heterocycles. The standard InChI is InChI=1S/C14H16BrN3O/c1-2-8-18-10-12(6-7-14(18)19)16-9-11-4-3-5-13(15)17-11/h3-7,10,16H,2,8-9H2,1H3. The highest BCUT2D eigenvalue weighted by atomic mass is 79.9. The molecule has 0 bridgehead atoms. The van der Waals surface area contributed by atoms with Crippen LogP contribution in [0.25, 0.3) is 0 Å². The van der Waals surface area contributed by atoms with Crippen molar-refractivity contribution in [2.75, 3.05) is 5.32 Å². The van der Waals surface area contributed by atoms with Gasteiger partial charge < -0.3 is 9.88 Å². The zero-order valence-corrected chi connectivity index (χ0v) is 12.4. The van der Waals surface area contributed by atoms with Crippen molar-refractivity contribution in [2.24, 2.45) is 0 Å². The van der Waals surface area contributed by atoms with E-state index in [2.05, 4.69) is 33.2 Å². The Bertz CT molecular complexity index is 610. The Morgan fingerprint density at radius 2 is 2.16 bits per heavy atom. The zero-order chi connectivity index (χ0) is 13.7. The highest BCUT2D eigenvalue weighted by molar-refractivity contribution is 9.10. The van der Waals surface area contributed by atoms with Gasteiger partial charge >= 0.3 is 0 Å². The second-order valence-corrected chi connectivity index (χ2v) is 5.07. The monoisotopic (exact) mass is 321 g/mol. The van der Waals surface area contributed by atoms with Gasteiger partial charge in [-0.25, -0.2) is 4.98 Å². The van der Waals surface area contributed by atoms with Crippen molar-refractivity contribution in [3.8, 4) is 0 Å². The summed E-state index contributed by atoms with van der Waals surface area (Å²) in [7, 11) is 0. The first-order valence-corrected chi connectivity index (χ1v) is 7.04. The van der Waals surface area contributed by atoms with Gasteiger partial charge in [-0.15, -0.1) is 0 Å². The molecule has 0 unspecified atom stereocenters. The molecule has 2 heterocycles. The van der Waals surface area contributed by atoms with Crippen molar-refractivity contribution < 1.29 is 0 Å². The molecular weight excluding hydrogens is 306 g/mol. The highest BCUT2D eigenvalue weighted by Crippen LogP contribution is 2.09. The van der Waals surface area contributed by atoms with Crippen LogP contribution in [-0.4, -0.2) is 9.55 Å². The summed E-state index contributed by atoms with van der Waals surface area (Å²) < 4.78 is 2.54. The summed E-state index contributed by atoms with van der Waals surface area (Å²) in [5, 5.41) is 3.27. The molecule has 0 saturated carbocycles. The predicted molar refractivity (Wildman–Crippen MR) is 80.3 cm³/mol. The topological polar surface area (TPSA) is 46.9 Å². The lowest BCUT2D eigenvalue weighted by Crippen LogP contribution is -2.18. The first-order valence-electron chi connectivity index (χ1n) is 6.25.